The lowest BCUT2D eigenvalue weighted by Crippen LogP contribution is -2.42. The van der Waals surface area contributed by atoms with Gasteiger partial charge in [0.2, 0.25) is 5.91 Å². The summed E-state index contributed by atoms with van der Waals surface area (Å²) in [6, 6.07) is -0.273. The Morgan fingerprint density at radius 1 is 1.37 bits per heavy atom. The van der Waals surface area contributed by atoms with Gasteiger partial charge < -0.3 is 16.0 Å². The standard InChI is InChI=1S/C12H27N3O3S/c1-10(2)15(3)8-5-7-14-12(16)11(13)6-9-19(4,17)18/h10-11H,5-9,13H2,1-4H3,(H,14,16). The molecule has 0 spiro atoms. The van der Waals surface area contributed by atoms with E-state index in [1.54, 1.807) is 0 Å². The molecule has 0 aliphatic carbocycles. The molecule has 1 amide bonds. The van der Waals surface area contributed by atoms with Crippen molar-refractivity contribution in [1.29, 1.82) is 0 Å². The summed E-state index contributed by atoms with van der Waals surface area (Å²) >= 11 is 0. The first-order chi connectivity index (χ1) is 8.63. The summed E-state index contributed by atoms with van der Waals surface area (Å²) in [6.07, 6.45) is 2.15. The summed E-state index contributed by atoms with van der Waals surface area (Å²) < 4.78 is 21.9. The van der Waals surface area contributed by atoms with Crippen LogP contribution in [-0.2, 0) is 14.6 Å². The van der Waals surface area contributed by atoms with E-state index in [1.165, 1.54) is 0 Å². The molecule has 0 heterocycles. The fourth-order valence-corrected chi connectivity index (χ4v) is 2.08. The summed E-state index contributed by atoms with van der Waals surface area (Å²) in [4.78, 5) is 13.8. The van der Waals surface area contributed by atoms with Gasteiger partial charge in [0.25, 0.3) is 0 Å². The molecule has 1 atom stereocenters. The lowest BCUT2D eigenvalue weighted by Gasteiger charge is -2.21. The van der Waals surface area contributed by atoms with Crippen LogP contribution in [0.2, 0.25) is 0 Å². The van der Waals surface area contributed by atoms with Gasteiger partial charge in [0.15, 0.2) is 0 Å². The summed E-state index contributed by atoms with van der Waals surface area (Å²) in [7, 11) is -1.03. The van der Waals surface area contributed by atoms with Crippen molar-refractivity contribution >= 4 is 15.7 Å². The highest BCUT2D eigenvalue weighted by Gasteiger charge is 2.15. The Kier molecular flexibility index (Phi) is 8.20. The van der Waals surface area contributed by atoms with Gasteiger partial charge in [0.1, 0.15) is 9.84 Å². The number of sulfone groups is 1. The molecule has 0 rings (SSSR count). The number of nitrogens with two attached hydrogens (primary N) is 1. The molecule has 0 aliphatic heterocycles. The van der Waals surface area contributed by atoms with Crippen LogP contribution in [0.5, 0.6) is 0 Å². The molecule has 19 heavy (non-hydrogen) atoms. The van der Waals surface area contributed by atoms with Crippen molar-refractivity contribution in [1.82, 2.24) is 10.2 Å². The number of hydrogen-bond donors (Lipinski definition) is 2. The molecule has 0 saturated carbocycles. The Morgan fingerprint density at radius 3 is 2.42 bits per heavy atom. The fraction of sp³-hybridized carbons (Fsp3) is 0.917. The first-order valence-electron chi connectivity index (χ1n) is 6.54. The van der Waals surface area contributed by atoms with Crippen molar-refractivity contribution in [3.05, 3.63) is 0 Å². The summed E-state index contributed by atoms with van der Waals surface area (Å²) in [5.74, 6) is -0.339. The van der Waals surface area contributed by atoms with Gasteiger partial charge in [-0.25, -0.2) is 8.42 Å². The van der Waals surface area contributed by atoms with Gasteiger partial charge in [-0.05, 0) is 40.3 Å². The predicted octanol–water partition coefficient (Wildman–Crippen LogP) is -0.405. The predicted molar refractivity (Wildman–Crippen MR) is 77.7 cm³/mol. The minimum absolute atomic E-state index is 0.0579. The molecular weight excluding hydrogens is 266 g/mol. The molecule has 0 aliphatic rings. The number of carbonyl (C=O) groups is 1. The van der Waals surface area contributed by atoms with E-state index < -0.39 is 15.9 Å². The van der Waals surface area contributed by atoms with Crippen LogP contribution in [0.15, 0.2) is 0 Å². The summed E-state index contributed by atoms with van der Waals surface area (Å²) in [5.41, 5.74) is 5.63. The van der Waals surface area contributed by atoms with Gasteiger partial charge in [-0.2, -0.15) is 0 Å². The second-order valence-electron chi connectivity index (χ2n) is 5.24. The topological polar surface area (TPSA) is 92.5 Å². The van der Waals surface area contributed by atoms with E-state index in [0.717, 1.165) is 19.2 Å². The molecule has 0 saturated heterocycles. The van der Waals surface area contributed by atoms with Crippen LogP contribution >= 0.6 is 0 Å². The van der Waals surface area contributed by atoms with Crippen molar-refractivity contribution in [3.63, 3.8) is 0 Å². The number of hydrogen-bond acceptors (Lipinski definition) is 5. The van der Waals surface area contributed by atoms with Crippen molar-refractivity contribution in [2.45, 2.75) is 38.8 Å². The summed E-state index contributed by atoms with van der Waals surface area (Å²) in [6.45, 7) is 5.68. The second kappa shape index (κ2) is 8.50. The Hall–Kier alpha value is -0.660. The van der Waals surface area contributed by atoms with Crippen LogP contribution in [0.25, 0.3) is 0 Å². The molecule has 0 aromatic heterocycles. The Bertz CT molecular complexity index is 368. The fourth-order valence-electron chi connectivity index (χ4n) is 1.40. The highest BCUT2D eigenvalue weighted by molar-refractivity contribution is 7.90. The maximum absolute atomic E-state index is 11.6. The third-order valence-electron chi connectivity index (χ3n) is 3.00. The number of rotatable bonds is 9. The highest BCUT2D eigenvalue weighted by atomic mass is 32.2. The maximum atomic E-state index is 11.6. The smallest absolute Gasteiger partial charge is 0.236 e. The zero-order valence-electron chi connectivity index (χ0n) is 12.3. The van der Waals surface area contributed by atoms with Gasteiger partial charge in [-0.15, -0.1) is 0 Å². The van der Waals surface area contributed by atoms with E-state index in [4.69, 9.17) is 5.73 Å². The van der Waals surface area contributed by atoms with E-state index in [-0.39, 0.29) is 18.1 Å². The molecule has 0 aromatic carbocycles. The largest absolute Gasteiger partial charge is 0.355 e. The molecule has 7 heteroatoms. The quantitative estimate of drug-likeness (QED) is 0.564. The molecule has 1 unspecified atom stereocenters. The zero-order chi connectivity index (χ0) is 15.1. The van der Waals surface area contributed by atoms with Crippen LogP contribution in [0, 0.1) is 0 Å². The van der Waals surface area contributed by atoms with Crippen molar-refractivity contribution < 1.29 is 13.2 Å². The molecule has 0 radical (unpaired) electrons. The minimum Gasteiger partial charge on any atom is -0.355 e. The normalized spacial score (nSPS) is 13.8. The van der Waals surface area contributed by atoms with Gasteiger partial charge >= 0.3 is 0 Å². The first kappa shape index (κ1) is 18.3. The number of carbonyl (C=O) groups excluding carboxylic acids is 1. The number of nitrogens with zero attached hydrogens (tertiary/aromatic N) is 1. The van der Waals surface area contributed by atoms with Crippen LogP contribution in [0.4, 0.5) is 0 Å². The van der Waals surface area contributed by atoms with E-state index in [0.29, 0.717) is 12.6 Å². The average Bonchev–Trinajstić information content (AvgIpc) is 2.29. The van der Waals surface area contributed by atoms with Gasteiger partial charge in [-0.3, -0.25) is 4.79 Å². The molecule has 0 fully saturated rings. The first-order valence-corrected chi connectivity index (χ1v) is 8.61. The lowest BCUT2D eigenvalue weighted by atomic mass is 10.2. The molecule has 6 nitrogen and oxygen atoms in total. The third kappa shape index (κ3) is 9.86. The van der Waals surface area contributed by atoms with E-state index in [9.17, 15) is 13.2 Å². The number of amides is 1. The minimum atomic E-state index is -3.07. The maximum Gasteiger partial charge on any atom is 0.236 e. The van der Waals surface area contributed by atoms with E-state index in [2.05, 4.69) is 24.1 Å². The van der Waals surface area contributed by atoms with Gasteiger partial charge in [0.05, 0.1) is 11.8 Å². The van der Waals surface area contributed by atoms with Crippen molar-refractivity contribution in [2.24, 2.45) is 5.73 Å². The molecule has 114 valence electrons. The molecular formula is C12H27N3O3S. The highest BCUT2D eigenvalue weighted by Crippen LogP contribution is 1.96. The number of nitrogens with one attached hydrogen (secondary N) is 1. The molecule has 0 bridgehead atoms. The SMILES string of the molecule is CC(C)N(C)CCCNC(=O)C(N)CCS(C)(=O)=O. The average molecular weight is 293 g/mol. The van der Waals surface area contributed by atoms with Crippen LogP contribution in [-0.4, -0.2) is 63.5 Å². The summed E-state index contributed by atoms with van der Waals surface area (Å²) in [5, 5.41) is 2.73. The van der Waals surface area contributed by atoms with Gasteiger partial charge in [0, 0.05) is 18.8 Å². The zero-order valence-corrected chi connectivity index (χ0v) is 13.2. The van der Waals surface area contributed by atoms with Crippen LogP contribution in [0.1, 0.15) is 26.7 Å². The Labute approximate surface area is 116 Å². The van der Waals surface area contributed by atoms with Gasteiger partial charge in [-0.1, -0.05) is 0 Å². The second-order valence-corrected chi connectivity index (χ2v) is 7.50. The third-order valence-corrected chi connectivity index (χ3v) is 3.98. The van der Waals surface area contributed by atoms with E-state index >= 15 is 0 Å². The Balaban J connectivity index is 3.80. The molecule has 0 aromatic rings. The van der Waals surface area contributed by atoms with Crippen LogP contribution < -0.4 is 11.1 Å². The van der Waals surface area contributed by atoms with Crippen LogP contribution in [0.3, 0.4) is 0 Å². The van der Waals surface area contributed by atoms with Crippen molar-refractivity contribution in [3.8, 4) is 0 Å². The Morgan fingerprint density at radius 2 is 1.95 bits per heavy atom. The van der Waals surface area contributed by atoms with Crippen molar-refractivity contribution in [2.75, 3.05) is 32.1 Å². The molecule has 3 N–H and O–H groups in total. The monoisotopic (exact) mass is 293 g/mol. The van der Waals surface area contributed by atoms with E-state index in [1.807, 2.05) is 7.05 Å². The lowest BCUT2D eigenvalue weighted by molar-refractivity contribution is -0.122.